The normalized spacial score (nSPS) is 12.3. The minimum atomic E-state index is -3.55. The molecule has 9 rings (SSSR count). The number of hydrogen-bond donors (Lipinski definition) is 4. The van der Waals surface area contributed by atoms with Crippen LogP contribution < -0.4 is 15.8 Å². The first kappa shape index (κ1) is 56.0. The van der Waals surface area contributed by atoms with Crippen LogP contribution in [0.15, 0.2) is 140 Å². The van der Waals surface area contributed by atoms with Gasteiger partial charge < -0.3 is 21.1 Å². The number of carboxylic acid groups (broad SMARTS) is 1. The van der Waals surface area contributed by atoms with Crippen LogP contribution in [0.2, 0.25) is 5.28 Å². The van der Waals surface area contributed by atoms with Crippen molar-refractivity contribution in [1.82, 2.24) is 39.3 Å². The highest BCUT2D eigenvalue weighted by Gasteiger charge is 2.19. The summed E-state index contributed by atoms with van der Waals surface area (Å²) in [5.74, 6) is -0.337. The highest BCUT2D eigenvalue weighted by atomic mass is 79.9. The van der Waals surface area contributed by atoms with E-state index in [4.69, 9.17) is 22.4 Å². The summed E-state index contributed by atoms with van der Waals surface area (Å²) in [6.45, 7) is 8.82. The second-order valence-electron chi connectivity index (χ2n) is 16.7. The van der Waals surface area contributed by atoms with Gasteiger partial charge in [-0.1, -0.05) is 79.8 Å². The molecule has 5 N–H and O–H groups in total. The van der Waals surface area contributed by atoms with E-state index in [0.29, 0.717) is 39.8 Å². The number of nitrogens with zero attached hydrogens (tertiary/aromatic N) is 8. The molecule has 0 saturated carbocycles. The number of rotatable bonds is 14. The number of nitrogen functional groups attached to an aromatic ring is 1. The quantitative estimate of drug-likeness (QED) is 0.0197. The van der Waals surface area contributed by atoms with Crippen LogP contribution in [-0.2, 0) is 16.6 Å². The van der Waals surface area contributed by atoms with Gasteiger partial charge in [0.2, 0.25) is 21.3 Å². The van der Waals surface area contributed by atoms with Crippen LogP contribution in [0.3, 0.4) is 0 Å². The number of carboxylic acids is 1. The van der Waals surface area contributed by atoms with E-state index in [-0.39, 0.29) is 15.7 Å². The van der Waals surface area contributed by atoms with Crippen molar-refractivity contribution in [2.24, 2.45) is 5.92 Å². The number of nitro benzene ring substituents is 1. The number of sulfonamides is 1. The molecule has 0 unspecified atom stereocenters. The van der Waals surface area contributed by atoms with Crippen LogP contribution >= 0.6 is 59.4 Å². The lowest BCUT2D eigenvalue weighted by molar-refractivity contribution is -0.385. The molecule has 0 aliphatic carbocycles. The molecule has 3 aromatic heterocycles. The molecular weight excluding hydrogens is 1170 g/mol. The van der Waals surface area contributed by atoms with Crippen molar-refractivity contribution in [1.29, 1.82) is 0 Å². The van der Waals surface area contributed by atoms with Crippen LogP contribution in [0, 0.1) is 16.0 Å². The van der Waals surface area contributed by atoms with Gasteiger partial charge >= 0.3 is 5.97 Å². The number of aromatic carboxylic acids is 1. The summed E-state index contributed by atoms with van der Waals surface area (Å²) in [6.07, 6.45) is 11.4. The minimum absolute atomic E-state index is 0.242. The maximum absolute atomic E-state index is 12.7. The summed E-state index contributed by atoms with van der Waals surface area (Å²) < 4.78 is 32.4. The van der Waals surface area contributed by atoms with Gasteiger partial charge in [0.15, 0.2) is 6.29 Å². The highest BCUT2D eigenvalue weighted by molar-refractivity contribution is 9.11. The third-order valence-corrected chi connectivity index (χ3v) is 13.9. The number of halogens is 4. The molecule has 1 aliphatic rings. The number of carbonyl (C=O) groups excluding carboxylic acids is 1. The molecule has 1 fully saturated rings. The molecule has 1 saturated heterocycles. The number of nitrogens with two attached hydrogens (primary N) is 1. The van der Waals surface area contributed by atoms with Crippen molar-refractivity contribution in [2.75, 3.05) is 37.2 Å². The fourth-order valence-corrected chi connectivity index (χ4v) is 9.45. The molecule has 0 spiro atoms. The average molecular weight is 1220 g/mol. The number of fused-ring (bicyclic) bond motifs is 2. The van der Waals surface area contributed by atoms with Crippen LogP contribution in [0.25, 0.3) is 32.9 Å². The lowest BCUT2D eigenvalue weighted by atomic mass is 10.1. The lowest BCUT2D eigenvalue weighted by Gasteiger charge is -2.14. The molecule has 0 amide bonds. The number of anilines is 3. The first-order valence-electron chi connectivity index (χ1n) is 22.5. The molecule has 380 valence electrons. The topological polar surface area (TPSA) is 254 Å². The minimum Gasteiger partial charge on any atom is -0.477 e. The van der Waals surface area contributed by atoms with E-state index >= 15 is 0 Å². The van der Waals surface area contributed by atoms with Crippen LogP contribution in [-0.4, -0.2) is 91.5 Å². The van der Waals surface area contributed by atoms with Crippen molar-refractivity contribution in [2.45, 2.75) is 44.6 Å². The van der Waals surface area contributed by atoms with E-state index < -0.39 is 26.6 Å². The zero-order chi connectivity index (χ0) is 52.7. The Morgan fingerprint density at radius 1 is 0.863 bits per heavy atom. The van der Waals surface area contributed by atoms with Crippen LogP contribution in [0.1, 0.15) is 53.8 Å². The number of nitrogens with one attached hydrogen (secondary N) is 2. The zero-order valence-corrected chi connectivity index (χ0v) is 45.7. The summed E-state index contributed by atoms with van der Waals surface area (Å²) in [4.78, 5) is 50.1. The van der Waals surface area contributed by atoms with Gasteiger partial charge in [-0.05, 0) is 135 Å². The van der Waals surface area contributed by atoms with Crippen molar-refractivity contribution in [3.8, 4) is 11.1 Å². The molecule has 73 heavy (non-hydrogen) atoms. The predicted octanol–water partition coefficient (Wildman–Crippen LogP) is 11.6. The van der Waals surface area contributed by atoms with Gasteiger partial charge in [0.25, 0.3) is 5.69 Å². The summed E-state index contributed by atoms with van der Waals surface area (Å²) in [5.41, 5.74) is 10.2. The van der Waals surface area contributed by atoms with Gasteiger partial charge in [-0.25, -0.2) is 37.9 Å². The van der Waals surface area contributed by atoms with Crippen molar-refractivity contribution >= 4 is 126 Å². The lowest BCUT2D eigenvalue weighted by Crippen LogP contribution is -2.28. The van der Waals surface area contributed by atoms with Gasteiger partial charge in [0, 0.05) is 84.4 Å². The van der Waals surface area contributed by atoms with E-state index in [1.165, 1.54) is 25.0 Å². The molecular formula is C50H49Br3ClN11O7S. The SMILES string of the molecule is CC(C)Cn1cc(-c2ccc3cnc(Nc4ccc(S(=O)(=O)NCCCN5CCCC5)cc4)nc3c2)cn1.Clc1ncc2ccc(Br)cc2n1.Nc1cc(Br)ccc1C=O.O=C(O)c1ccc(Br)cc1[N+](=O)[O-]. The van der Waals surface area contributed by atoms with Gasteiger partial charge in [0.05, 0.1) is 27.0 Å². The maximum atomic E-state index is 12.7. The maximum Gasteiger partial charge on any atom is 0.342 e. The number of nitro groups is 1. The number of carbonyl (C=O) groups is 2. The van der Waals surface area contributed by atoms with E-state index in [2.05, 4.69) is 114 Å². The van der Waals surface area contributed by atoms with Crippen molar-refractivity contribution in [3.05, 3.63) is 162 Å². The molecule has 23 heteroatoms. The fraction of sp³-hybridized carbons (Fsp3) is 0.220. The Hall–Kier alpha value is -6.27. The fourth-order valence-electron chi connectivity index (χ4n) is 7.16. The number of likely N-dealkylation sites (tertiary alicyclic amines) is 1. The number of aromatic nitrogens is 6. The van der Waals surface area contributed by atoms with Crippen molar-refractivity contribution in [3.63, 3.8) is 0 Å². The molecule has 0 bridgehead atoms. The van der Waals surface area contributed by atoms with Gasteiger partial charge in [-0.2, -0.15) is 5.10 Å². The van der Waals surface area contributed by atoms with Gasteiger partial charge in [0.1, 0.15) is 5.56 Å². The number of aldehydes is 1. The molecule has 0 radical (unpaired) electrons. The Morgan fingerprint density at radius 2 is 1.51 bits per heavy atom. The third-order valence-electron chi connectivity index (χ3n) is 10.7. The third kappa shape index (κ3) is 16.9. The first-order valence-corrected chi connectivity index (χ1v) is 26.8. The second-order valence-corrected chi connectivity index (χ2v) is 21.6. The van der Waals surface area contributed by atoms with Gasteiger partial charge in [-0.15, -0.1) is 0 Å². The molecule has 4 heterocycles. The Balaban J connectivity index is 0.000000199. The van der Waals surface area contributed by atoms with E-state index in [1.807, 2.05) is 41.2 Å². The number of hydrogen-bond acceptors (Lipinski definition) is 14. The van der Waals surface area contributed by atoms with Crippen molar-refractivity contribution < 1.29 is 28.0 Å². The summed E-state index contributed by atoms with van der Waals surface area (Å²) in [5, 5.41) is 28.8. The largest absolute Gasteiger partial charge is 0.477 e. The van der Waals surface area contributed by atoms with Crippen LogP contribution in [0.4, 0.5) is 23.0 Å². The Kier molecular flexibility index (Phi) is 20.4. The second kappa shape index (κ2) is 26.6. The van der Waals surface area contributed by atoms with E-state index in [0.717, 1.165) is 86.8 Å². The first-order chi connectivity index (χ1) is 34.9. The molecule has 8 aromatic rings. The Labute approximate surface area is 451 Å². The van der Waals surface area contributed by atoms with E-state index in [9.17, 15) is 28.1 Å². The van der Waals surface area contributed by atoms with Gasteiger partial charge in [-0.3, -0.25) is 19.6 Å². The highest BCUT2D eigenvalue weighted by Crippen LogP contribution is 2.26. The molecule has 1 aliphatic heterocycles. The standard InChI is InChI=1S/C28H35N7O2S.C8H4BrClN2.C7H4BrNO4.C7H6BrNO/c1-21(2)19-35-20-24(18-30-35)22-6-7-23-17-29-28(33-27(23)16-22)32-25-8-10-26(11-9-25)38(36,37)31-12-5-15-34-13-3-4-14-34;9-6-2-1-5-4-11-8(10)12-7(5)3-6;8-4-1-2-5(7(10)11)6(3-4)9(12)13;8-6-2-1-5(4-10)7(9)3-6/h6-11,16-18,20-21,31H,3-5,12-15,19H2,1-2H3,(H,29,32,33);1-4H;1-3H,(H,10,11);1-4H,9H2. The predicted molar refractivity (Wildman–Crippen MR) is 295 cm³/mol. The Morgan fingerprint density at radius 3 is 2.18 bits per heavy atom. The monoisotopic (exact) mass is 1220 g/mol. The molecule has 0 atom stereocenters. The smallest absolute Gasteiger partial charge is 0.342 e. The van der Waals surface area contributed by atoms with Crippen LogP contribution in [0.5, 0.6) is 0 Å². The summed E-state index contributed by atoms with van der Waals surface area (Å²) in [6, 6.07) is 27.5. The summed E-state index contributed by atoms with van der Waals surface area (Å²) in [7, 11) is -3.55. The Bertz CT molecular complexity index is 3290. The zero-order valence-electron chi connectivity index (χ0n) is 39.3. The number of benzene rings is 5. The summed E-state index contributed by atoms with van der Waals surface area (Å²) >= 11 is 15.2. The molecule has 18 nitrogen and oxygen atoms in total. The molecule has 5 aromatic carbocycles. The van der Waals surface area contributed by atoms with E-state index in [1.54, 1.807) is 54.9 Å². The average Bonchev–Trinajstić information content (AvgIpc) is 4.06.